The number of nitrogens with zero attached hydrogens (tertiary/aromatic N) is 2. The maximum absolute atomic E-state index is 4.34. The van der Waals surface area contributed by atoms with Gasteiger partial charge in [0.25, 0.3) is 0 Å². The Kier molecular flexibility index (Phi) is 4.08. The molecule has 60 valence electrons. The maximum atomic E-state index is 4.34. The average molecular weight is 142 g/mol. The smallest absolute Gasteiger partial charge is 0.0414 e. The minimum Gasteiger partial charge on any atom is -0.295 e. The zero-order chi connectivity index (χ0) is 8.15. The van der Waals surface area contributed by atoms with Crippen LogP contribution in [-0.2, 0) is 0 Å². The van der Waals surface area contributed by atoms with Gasteiger partial charge in [-0.25, -0.2) is 0 Å². The van der Waals surface area contributed by atoms with E-state index < -0.39 is 0 Å². The molecule has 0 radical (unpaired) electrons. The minimum absolute atomic E-state index is 0.514. The van der Waals surface area contributed by atoms with E-state index in [1.54, 1.807) is 0 Å². The molecule has 0 saturated carbocycles. The van der Waals surface area contributed by atoms with Crippen molar-refractivity contribution >= 4 is 5.71 Å². The molecule has 0 unspecified atom stereocenters. The van der Waals surface area contributed by atoms with Crippen molar-refractivity contribution in [2.24, 2.45) is 5.10 Å². The second kappa shape index (κ2) is 4.31. The van der Waals surface area contributed by atoms with Crippen LogP contribution >= 0.6 is 0 Å². The molecule has 0 saturated heterocycles. The SMILES string of the molecule is CCN(N=C(C)C)C(C)C. The molecule has 0 aliphatic carbocycles. The van der Waals surface area contributed by atoms with E-state index in [0.29, 0.717) is 6.04 Å². The summed E-state index contributed by atoms with van der Waals surface area (Å²) in [4.78, 5) is 0. The first-order chi connectivity index (χ1) is 4.57. The van der Waals surface area contributed by atoms with E-state index in [2.05, 4.69) is 30.9 Å². The first-order valence-corrected chi connectivity index (χ1v) is 3.86. The Bertz CT molecular complexity index is 112. The predicted octanol–water partition coefficient (Wildman–Crippen LogP) is 2.11. The lowest BCUT2D eigenvalue weighted by Crippen LogP contribution is -2.25. The van der Waals surface area contributed by atoms with E-state index in [0.717, 1.165) is 12.3 Å². The highest BCUT2D eigenvalue weighted by Gasteiger charge is 2.00. The summed E-state index contributed by atoms with van der Waals surface area (Å²) >= 11 is 0. The molecule has 0 aliphatic rings. The zero-order valence-corrected chi connectivity index (χ0v) is 7.68. The molecule has 10 heavy (non-hydrogen) atoms. The van der Waals surface area contributed by atoms with Crippen molar-refractivity contribution in [2.45, 2.75) is 40.7 Å². The van der Waals surface area contributed by atoms with Crippen LogP contribution in [0.5, 0.6) is 0 Å². The Hall–Kier alpha value is -0.530. The van der Waals surface area contributed by atoms with Gasteiger partial charge in [0, 0.05) is 18.3 Å². The van der Waals surface area contributed by atoms with Crippen LogP contribution in [0.3, 0.4) is 0 Å². The van der Waals surface area contributed by atoms with Crippen LogP contribution in [-0.4, -0.2) is 23.3 Å². The second-order valence-electron chi connectivity index (χ2n) is 2.90. The normalized spacial score (nSPS) is 9.80. The van der Waals surface area contributed by atoms with Gasteiger partial charge in [-0.3, -0.25) is 5.01 Å². The summed E-state index contributed by atoms with van der Waals surface area (Å²) in [5, 5.41) is 6.42. The highest BCUT2D eigenvalue weighted by atomic mass is 15.5. The largest absolute Gasteiger partial charge is 0.295 e. The molecular formula is C8H18N2. The average Bonchev–Trinajstić information content (AvgIpc) is 1.81. The number of hydrogen-bond acceptors (Lipinski definition) is 2. The third-order valence-electron chi connectivity index (χ3n) is 1.25. The fourth-order valence-corrected chi connectivity index (χ4v) is 0.808. The van der Waals surface area contributed by atoms with Crippen molar-refractivity contribution in [3.63, 3.8) is 0 Å². The Morgan fingerprint density at radius 3 is 2.00 bits per heavy atom. The molecule has 0 aliphatic heterocycles. The predicted molar refractivity (Wildman–Crippen MR) is 46.3 cm³/mol. The van der Waals surface area contributed by atoms with Crippen LogP contribution in [0.2, 0.25) is 0 Å². The van der Waals surface area contributed by atoms with Crippen LogP contribution < -0.4 is 0 Å². The summed E-state index contributed by atoms with van der Waals surface area (Å²) in [7, 11) is 0. The summed E-state index contributed by atoms with van der Waals surface area (Å²) in [5.41, 5.74) is 1.12. The Morgan fingerprint density at radius 1 is 1.40 bits per heavy atom. The Balaban J connectivity index is 3.96. The highest BCUT2D eigenvalue weighted by molar-refractivity contribution is 5.78. The van der Waals surface area contributed by atoms with Gasteiger partial charge in [-0.2, -0.15) is 5.10 Å². The lowest BCUT2D eigenvalue weighted by Gasteiger charge is -2.21. The van der Waals surface area contributed by atoms with Crippen molar-refractivity contribution in [1.29, 1.82) is 0 Å². The van der Waals surface area contributed by atoms with Crippen LogP contribution in [0, 0.1) is 0 Å². The molecule has 0 rings (SSSR count). The summed E-state index contributed by atoms with van der Waals surface area (Å²) in [6.45, 7) is 11.4. The zero-order valence-electron chi connectivity index (χ0n) is 7.68. The van der Waals surface area contributed by atoms with E-state index in [-0.39, 0.29) is 0 Å². The molecule has 2 heteroatoms. The minimum atomic E-state index is 0.514. The van der Waals surface area contributed by atoms with Gasteiger partial charge in [0.2, 0.25) is 0 Å². The molecule has 0 N–H and O–H groups in total. The molecule has 0 heterocycles. The van der Waals surface area contributed by atoms with E-state index in [1.165, 1.54) is 0 Å². The lowest BCUT2D eigenvalue weighted by atomic mass is 10.4. The van der Waals surface area contributed by atoms with Crippen LogP contribution in [0.4, 0.5) is 0 Å². The third-order valence-corrected chi connectivity index (χ3v) is 1.25. The number of hydrazone groups is 1. The second-order valence-corrected chi connectivity index (χ2v) is 2.90. The fraction of sp³-hybridized carbons (Fsp3) is 0.875. The number of hydrogen-bond donors (Lipinski definition) is 0. The molecule has 0 aromatic rings. The van der Waals surface area contributed by atoms with Crippen LogP contribution in [0.25, 0.3) is 0 Å². The van der Waals surface area contributed by atoms with Crippen molar-refractivity contribution < 1.29 is 0 Å². The summed E-state index contributed by atoms with van der Waals surface area (Å²) in [5.74, 6) is 0. The first kappa shape index (κ1) is 9.47. The van der Waals surface area contributed by atoms with Gasteiger partial charge in [0.15, 0.2) is 0 Å². The molecule has 2 nitrogen and oxygen atoms in total. The third kappa shape index (κ3) is 3.49. The van der Waals surface area contributed by atoms with Gasteiger partial charge in [0.05, 0.1) is 0 Å². The highest BCUT2D eigenvalue weighted by Crippen LogP contribution is 1.97. The van der Waals surface area contributed by atoms with Gasteiger partial charge in [-0.1, -0.05) is 0 Å². The number of rotatable bonds is 3. The lowest BCUT2D eigenvalue weighted by molar-refractivity contribution is 0.245. The maximum Gasteiger partial charge on any atom is 0.0414 e. The van der Waals surface area contributed by atoms with Gasteiger partial charge in [-0.05, 0) is 34.6 Å². The molecule has 0 fully saturated rings. The van der Waals surface area contributed by atoms with Crippen molar-refractivity contribution in [3.8, 4) is 0 Å². The van der Waals surface area contributed by atoms with Gasteiger partial charge in [0.1, 0.15) is 0 Å². The molecule has 0 bridgehead atoms. The van der Waals surface area contributed by atoms with Crippen molar-refractivity contribution in [2.75, 3.05) is 6.54 Å². The van der Waals surface area contributed by atoms with Gasteiger partial charge in [-0.15, -0.1) is 0 Å². The Morgan fingerprint density at radius 2 is 1.90 bits per heavy atom. The van der Waals surface area contributed by atoms with Crippen LogP contribution in [0.1, 0.15) is 34.6 Å². The van der Waals surface area contributed by atoms with E-state index >= 15 is 0 Å². The molecule has 0 spiro atoms. The quantitative estimate of drug-likeness (QED) is 0.435. The topological polar surface area (TPSA) is 15.6 Å². The van der Waals surface area contributed by atoms with Crippen LogP contribution in [0.15, 0.2) is 5.10 Å². The standard InChI is InChI=1S/C8H18N2/c1-6-10(8(4)5)9-7(2)3/h8H,6H2,1-5H3. The Labute approximate surface area is 63.9 Å². The summed E-state index contributed by atoms with van der Waals surface area (Å²) < 4.78 is 0. The van der Waals surface area contributed by atoms with Gasteiger partial charge >= 0.3 is 0 Å². The van der Waals surface area contributed by atoms with E-state index in [9.17, 15) is 0 Å². The van der Waals surface area contributed by atoms with Crippen molar-refractivity contribution in [1.82, 2.24) is 5.01 Å². The van der Waals surface area contributed by atoms with Gasteiger partial charge < -0.3 is 0 Å². The molecule has 0 atom stereocenters. The molecule has 0 aromatic carbocycles. The summed E-state index contributed by atoms with van der Waals surface area (Å²) in [6.07, 6.45) is 0. The first-order valence-electron chi connectivity index (χ1n) is 3.86. The fourth-order valence-electron chi connectivity index (χ4n) is 0.808. The molecule has 0 amide bonds. The van der Waals surface area contributed by atoms with E-state index in [1.807, 2.05) is 13.8 Å². The van der Waals surface area contributed by atoms with E-state index in [4.69, 9.17) is 0 Å². The summed E-state index contributed by atoms with van der Waals surface area (Å²) in [6, 6.07) is 0.514. The molecule has 0 aromatic heterocycles. The molecular weight excluding hydrogens is 124 g/mol. The monoisotopic (exact) mass is 142 g/mol. The van der Waals surface area contributed by atoms with Crippen molar-refractivity contribution in [3.05, 3.63) is 0 Å².